The summed E-state index contributed by atoms with van der Waals surface area (Å²) in [7, 11) is 0. The Morgan fingerprint density at radius 3 is 2.87 bits per heavy atom. The lowest BCUT2D eigenvalue weighted by atomic mass is 9.73. The lowest BCUT2D eigenvalue weighted by Gasteiger charge is -2.38. The zero-order valence-corrected chi connectivity index (χ0v) is 17.7. The molecular weight excluding hydrogens is 396 g/mol. The number of anilines is 1. The van der Waals surface area contributed by atoms with E-state index < -0.39 is 0 Å². The average Bonchev–Trinajstić information content (AvgIpc) is 3.13. The third kappa shape index (κ3) is 3.52. The summed E-state index contributed by atoms with van der Waals surface area (Å²) in [6.07, 6.45) is 6.65. The molecule has 1 N–H and O–H groups in total. The number of thioether (sulfide) groups is 1. The summed E-state index contributed by atoms with van der Waals surface area (Å²) in [4.78, 5) is 26.5. The van der Waals surface area contributed by atoms with Crippen molar-refractivity contribution in [1.29, 1.82) is 0 Å². The van der Waals surface area contributed by atoms with E-state index in [1.54, 1.807) is 18.6 Å². The van der Waals surface area contributed by atoms with Gasteiger partial charge in [-0.1, -0.05) is 37.7 Å². The molecule has 0 saturated heterocycles. The molecule has 0 aromatic carbocycles. The molecule has 8 heteroatoms. The Morgan fingerprint density at radius 1 is 1.20 bits per heavy atom. The standard InChI is InChI=1S/C22H22N6OS/c1-22(2)10-16-18(17(29)11-22)19(14-6-5-8-23-12-14)28-20(25-16)26-21(27-28)30-13-15-7-3-4-9-24-15/h3-9,12,19H,10-11,13H2,1-2H3,(H,25,26,27). The SMILES string of the molecule is CC1(C)CC(=O)C2=C(C1)Nc1nc(SCc3ccccn3)nn1C2c1cccnc1. The molecule has 1 aliphatic carbocycles. The molecular formula is C22H22N6OS. The summed E-state index contributed by atoms with van der Waals surface area (Å²) < 4.78 is 1.83. The van der Waals surface area contributed by atoms with E-state index >= 15 is 0 Å². The third-order valence-electron chi connectivity index (χ3n) is 5.39. The number of carbonyl (C=O) groups is 1. The molecule has 0 spiro atoms. The molecule has 7 nitrogen and oxygen atoms in total. The zero-order valence-electron chi connectivity index (χ0n) is 16.9. The molecule has 152 valence electrons. The lowest BCUT2D eigenvalue weighted by Crippen LogP contribution is -2.36. The van der Waals surface area contributed by atoms with Crippen molar-refractivity contribution < 1.29 is 4.79 Å². The lowest BCUT2D eigenvalue weighted by molar-refractivity contribution is -0.118. The van der Waals surface area contributed by atoms with E-state index in [1.807, 2.05) is 35.0 Å². The Morgan fingerprint density at radius 2 is 2.10 bits per heavy atom. The summed E-state index contributed by atoms with van der Waals surface area (Å²) in [6.45, 7) is 4.26. The first-order valence-corrected chi connectivity index (χ1v) is 10.9. The fourth-order valence-electron chi connectivity index (χ4n) is 4.12. The van der Waals surface area contributed by atoms with Gasteiger partial charge in [0.05, 0.1) is 5.69 Å². The quantitative estimate of drug-likeness (QED) is 0.641. The Kier molecular flexibility index (Phi) is 4.66. The number of nitrogens with one attached hydrogen (secondary N) is 1. The van der Waals surface area contributed by atoms with Crippen LogP contribution in [0, 0.1) is 5.41 Å². The molecule has 3 aromatic rings. The smallest absolute Gasteiger partial charge is 0.227 e. The van der Waals surface area contributed by atoms with E-state index in [0.717, 1.165) is 28.9 Å². The van der Waals surface area contributed by atoms with Gasteiger partial charge in [-0.15, -0.1) is 5.10 Å². The van der Waals surface area contributed by atoms with Gasteiger partial charge in [0.25, 0.3) is 0 Å². The Hall–Kier alpha value is -3.00. The molecule has 30 heavy (non-hydrogen) atoms. The molecule has 5 rings (SSSR count). The van der Waals surface area contributed by atoms with Crippen molar-refractivity contribution in [2.45, 2.75) is 43.6 Å². The monoisotopic (exact) mass is 418 g/mol. The Balaban J connectivity index is 1.53. The number of carbonyl (C=O) groups excluding carboxylic acids is 1. The molecule has 0 radical (unpaired) electrons. The van der Waals surface area contributed by atoms with Gasteiger partial charge in [0.2, 0.25) is 11.1 Å². The van der Waals surface area contributed by atoms with E-state index in [4.69, 9.17) is 10.1 Å². The normalized spacial score (nSPS) is 19.8. The van der Waals surface area contributed by atoms with Crippen molar-refractivity contribution >= 4 is 23.5 Å². The van der Waals surface area contributed by atoms with Crippen molar-refractivity contribution in [2.75, 3.05) is 5.32 Å². The molecule has 1 atom stereocenters. The summed E-state index contributed by atoms with van der Waals surface area (Å²) >= 11 is 1.53. The first-order valence-electron chi connectivity index (χ1n) is 9.93. The van der Waals surface area contributed by atoms with Gasteiger partial charge in [-0.25, -0.2) is 4.68 Å². The Bertz CT molecular complexity index is 1120. The average molecular weight is 419 g/mol. The van der Waals surface area contributed by atoms with Gasteiger partial charge in [-0.2, -0.15) is 4.98 Å². The maximum absolute atomic E-state index is 13.2. The van der Waals surface area contributed by atoms with Crippen LogP contribution in [0.4, 0.5) is 5.95 Å². The second kappa shape index (κ2) is 7.36. The largest absolute Gasteiger partial charge is 0.328 e. The van der Waals surface area contributed by atoms with Crippen LogP contribution in [0.3, 0.4) is 0 Å². The molecule has 0 bridgehead atoms. The number of nitrogens with zero attached hydrogens (tertiary/aromatic N) is 5. The van der Waals surface area contributed by atoms with Crippen molar-refractivity contribution in [3.63, 3.8) is 0 Å². The van der Waals surface area contributed by atoms with E-state index in [1.165, 1.54) is 11.8 Å². The zero-order chi connectivity index (χ0) is 20.7. The van der Waals surface area contributed by atoms with Gasteiger partial charge >= 0.3 is 0 Å². The fourth-order valence-corrected chi connectivity index (χ4v) is 4.86. The molecule has 4 heterocycles. The van der Waals surface area contributed by atoms with E-state index in [-0.39, 0.29) is 17.2 Å². The summed E-state index contributed by atoms with van der Waals surface area (Å²) in [5, 5.41) is 8.81. The minimum atomic E-state index is -0.315. The highest BCUT2D eigenvalue weighted by atomic mass is 32.2. The van der Waals surface area contributed by atoms with Crippen LogP contribution in [0.2, 0.25) is 0 Å². The maximum Gasteiger partial charge on any atom is 0.227 e. The summed E-state index contributed by atoms with van der Waals surface area (Å²) in [5.74, 6) is 1.50. The minimum Gasteiger partial charge on any atom is -0.328 e. The minimum absolute atomic E-state index is 0.0822. The fraction of sp³-hybridized carbons (Fsp3) is 0.318. The van der Waals surface area contributed by atoms with Gasteiger partial charge in [-0.05, 0) is 35.6 Å². The van der Waals surface area contributed by atoms with Crippen molar-refractivity contribution in [3.8, 4) is 0 Å². The summed E-state index contributed by atoms with van der Waals surface area (Å²) in [5.41, 5.74) is 3.56. The number of allylic oxidation sites excluding steroid dienone is 2. The molecule has 3 aromatic heterocycles. The van der Waals surface area contributed by atoms with Crippen LogP contribution in [0.15, 0.2) is 65.3 Å². The highest BCUT2D eigenvalue weighted by Gasteiger charge is 2.41. The van der Waals surface area contributed by atoms with Gasteiger partial charge in [0.1, 0.15) is 6.04 Å². The molecule has 1 aliphatic heterocycles. The van der Waals surface area contributed by atoms with Gasteiger partial charge in [0.15, 0.2) is 5.78 Å². The van der Waals surface area contributed by atoms with Crippen LogP contribution in [-0.2, 0) is 10.5 Å². The van der Waals surface area contributed by atoms with Crippen molar-refractivity contribution in [2.24, 2.45) is 5.41 Å². The van der Waals surface area contributed by atoms with Gasteiger partial charge < -0.3 is 5.32 Å². The number of hydrogen-bond acceptors (Lipinski definition) is 7. The van der Waals surface area contributed by atoms with E-state index in [0.29, 0.717) is 23.3 Å². The number of Topliss-reactive ketones (excluding diaryl/α,β-unsaturated/α-hetero) is 1. The number of rotatable bonds is 4. The Labute approximate surface area is 179 Å². The number of ketones is 1. The van der Waals surface area contributed by atoms with Crippen LogP contribution in [0.1, 0.15) is 44.0 Å². The number of pyridine rings is 2. The van der Waals surface area contributed by atoms with E-state index in [9.17, 15) is 4.79 Å². The molecule has 0 saturated carbocycles. The number of aromatic nitrogens is 5. The molecule has 1 unspecified atom stereocenters. The van der Waals surface area contributed by atoms with Gasteiger partial charge in [-0.3, -0.25) is 14.8 Å². The number of fused-ring (bicyclic) bond motifs is 1. The predicted octanol–water partition coefficient (Wildman–Crippen LogP) is 4.02. The third-order valence-corrected chi connectivity index (χ3v) is 6.26. The molecule has 0 amide bonds. The topological polar surface area (TPSA) is 85.6 Å². The highest BCUT2D eigenvalue weighted by Crippen LogP contribution is 2.45. The van der Waals surface area contributed by atoms with Crippen LogP contribution < -0.4 is 5.32 Å². The molecule has 0 fully saturated rings. The first kappa shape index (κ1) is 19.0. The van der Waals surface area contributed by atoms with Crippen LogP contribution in [0.25, 0.3) is 0 Å². The van der Waals surface area contributed by atoms with Crippen LogP contribution >= 0.6 is 11.8 Å². The number of hydrogen-bond donors (Lipinski definition) is 1. The highest BCUT2D eigenvalue weighted by molar-refractivity contribution is 7.98. The van der Waals surface area contributed by atoms with Gasteiger partial charge in [0, 0.05) is 42.0 Å². The molecule has 2 aliphatic rings. The first-order chi connectivity index (χ1) is 14.5. The van der Waals surface area contributed by atoms with Crippen molar-refractivity contribution in [1.82, 2.24) is 24.7 Å². The predicted molar refractivity (Wildman–Crippen MR) is 115 cm³/mol. The second-order valence-corrected chi connectivity index (χ2v) is 9.36. The summed E-state index contributed by atoms with van der Waals surface area (Å²) in [6, 6.07) is 9.43. The van der Waals surface area contributed by atoms with Crippen LogP contribution in [0.5, 0.6) is 0 Å². The van der Waals surface area contributed by atoms with Crippen molar-refractivity contribution in [3.05, 3.63) is 71.4 Å². The van der Waals surface area contributed by atoms with Crippen LogP contribution in [-0.4, -0.2) is 30.5 Å². The van der Waals surface area contributed by atoms with E-state index in [2.05, 4.69) is 29.1 Å². The second-order valence-electron chi connectivity index (χ2n) is 8.42. The maximum atomic E-state index is 13.2.